The van der Waals surface area contributed by atoms with Crippen LogP contribution in [0.2, 0.25) is 19.6 Å². The molecule has 0 N–H and O–H groups in total. The molecule has 1 heterocycles. The molecule has 0 unspecified atom stereocenters. The van der Waals surface area contributed by atoms with Crippen LogP contribution < -0.4 is 0 Å². The molecule has 0 radical (unpaired) electrons. The van der Waals surface area contributed by atoms with E-state index >= 15 is 0 Å². The lowest BCUT2D eigenvalue weighted by Gasteiger charge is -2.04. The van der Waals surface area contributed by atoms with E-state index < -0.39 is 13.9 Å². The first kappa shape index (κ1) is 19.5. The molecule has 2 aromatic carbocycles. The Balaban J connectivity index is 0.000000195. The molecule has 0 saturated heterocycles. The zero-order chi connectivity index (χ0) is 19.2. The topological polar surface area (TPSA) is 30.0 Å². The molecule has 0 spiro atoms. The molecule has 3 aromatic rings. The van der Waals surface area contributed by atoms with Crippen LogP contribution >= 0.6 is 0 Å². The van der Waals surface area contributed by atoms with Crippen molar-refractivity contribution in [3.63, 3.8) is 0 Å². The van der Waals surface area contributed by atoms with Gasteiger partial charge in [0.15, 0.2) is 6.29 Å². The van der Waals surface area contributed by atoms with Gasteiger partial charge in [-0.25, -0.2) is 8.78 Å². The number of carbonyl (C=O) groups is 1. The second-order valence-electron chi connectivity index (χ2n) is 6.66. The number of carbonyl (C=O) groups excluding carboxylic acids is 1. The maximum Gasteiger partial charge on any atom is 0.154 e. The van der Waals surface area contributed by atoms with Gasteiger partial charge in [0, 0.05) is 23.3 Å². The molecule has 0 aliphatic heterocycles. The Morgan fingerprint density at radius 1 is 1.00 bits per heavy atom. The van der Waals surface area contributed by atoms with Crippen LogP contribution in [0.25, 0.3) is 10.8 Å². The molecule has 0 aliphatic carbocycles. The molecule has 0 amide bonds. The predicted molar refractivity (Wildman–Crippen MR) is 104 cm³/mol. The van der Waals surface area contributed by atoms with E-state index in [9.17, 15) is 13.6 Å². The fourth-order valence-electron chi connectivity index (χ4n) is 2.10. The molecular weight excluding hydrogens is 348 g/mol. The van der Waals surface area contributed by atoms with E-state index in [-0.39, 0.29) is 11.4 Å². The second kappa shape index (κ2) is 8.50. The third-order valence-electron chi connectivity index (χ3n) is 3.37. The number of rotatable bonds is 1. The molecule has 1 aromatic heterocycles. The van der Waals surface area contributed by atoms with Gasteiger partial charge >= 0.3 is 0 Å². The van der Waals surface area contributed by atoms with Gasteiger partial charge in [-0.2, -0.15) is 0 Å². The average molecular weight is 367 g/mol. The quantitative estimate of drug-likeness (QED) is 0.334. The minimum Gasteiger partial charge on any atom is -0.298 e. The van der Waals surface area contributed by atoms with Crippen LogP contribution in [0.15, 0.2) is 54.9 Å². The summed E-state index contributed by atoms with van der Waals surface area (Å²) in [5.41, 5.74) is 3.64. The predicted octanol–water partition coefficient (Wildman–Crippen LogP) is 5.24. The smallest absolute Gasteiger partial charge is 0.154 e. The second-order valence-corrected chi connectivity index (χ2v) is 11.4. The molecule has 132 valence electrons. The van der Waals surface area contributed by atoms with Gasteiger partial charge in [-0.1, -0.05) is 43.8 Å². The lowest BCUT2D eigenvalue weighted by molar-refractivity contribution is 0.111. The van der Waals surface area contributed by atoms with Gasteiger partial charge < -0.3 is 0 Å². The Morgan fingerprint density at radius 2 is 1.69 bits per heavy atom. The normalized spacial score (nSPS) is 10.3. The van der Waals surface area contributed by atoms with Gasteiger partial charge in [0.2, 0.25) is 0 Å². The fraction of sp³-hybridized carbons (Fsp3) is 0.143. The molecule has 2 nitrogen and oxygen atoms in total. The highest BCUT2D eigenvalue weighted by Gasteiger charge is 2.09. The van der Waals surface area contributed by atoms with E-state index in [1.807, 2.05) is 6.07 Å². The summed E-state index contributed by atoms with van der Waals surface area (Å²) in [6.07, 6.45) is 3.70. The van der Waals surface area contributed by atoms with E-state index in [1.165, 1.54) is 18.3 Å². The van der Waals surface area contributed by atoms with Crippen molar-refractivity contribution in [1.82, 2.24) is 4.98 Å². The summed E-state index contributed by atoms with van der Waals surface area (Å²) in [5, 5.41) is 1.47. The fourth-order valence-corrected chi connectivity index (χ4v) is 2.61. The van der Waals surface area contributed by atoms with Crippen molar-refractivity contribution in [2.45, 2.75) is 19.6 Å². The van der Waals surface area contributed by atoms with Crippen molar-refractivity contribution >= 4 is 25.1 Å². The summed E-state index contributed by atoms with van der Waals surface area (Å²) >= 11 is 0. The van der Waals surface area contributed by atoms with Crippen LogP contribution in [0.1, 0.15) is 15.9 Å². The minimum atomic E-state index is -1.49. The number of hydrogen-bond donors (Lipinski definition) is 0. The first-order valence-corrected chi connectivity index (χ1v) is 11.6. The van der Waals surface area contributed by atoms with E-state index in [1.54, 1.807) is 30.5 Å². The van der Waals surface area contributed by atoms with Crippen molar-refractivity contribution in [2.75, 3.05) is 0 Å². The standard InChI is InChI=1S/C12H13FOSi.C9H6FN/c1-15(2,3)8-7-10-5-4-6-12(13)11(10)9-14;10-9-3-1-2-7-4-5-11-6-8(7)9/h4-6,9H,1-3H3;1-6H. The highest BCUT2D eigenvalue weighted by atomic mass is 28.3. The third-order valence-corrected chi connectivity index (χ3v) is 4.25. The van der Waals surface area contributed by atoms with Crippen molar-refractivity contribution in [2.24, 2.45) is 0 Å². The van der Waals surface area contributed by atoms with Crippen LogP contribution in [-0.4, -0.2) is 19.3 Å². The number of halogens is 2. The summed E-state index contributed by atoms with van der Waals surface area (Å²) in [4.78, 5) is 14.5. The Labute approximate surface area is 152 Å². The molecule has 0 bridgehead atoms. The Kier molecular flexibility index (Phi) is 6.37. The molecule has 0 fully saturated rings. The van der Waals surface area contributed by atoms with Crippen molar-refractivity contribution in [3.8, 4) is 11.5 Å². The first-order chi connectivity index (χ1) is 12.3. The van der Waals surface area contributed by atoms with Gasteiger partial charge in [-0.05, 0) is 29.7 Å². The van der Waals surface area contributed by atoms with Crippen molar-refractivity contribution in [3.05, 3.63) is 77.6 Å². The summed E-state index contributed by atoms with van der Waals surface area (Å²) in [6.45, 7) is 6.29. The van der Waals surface area contributed by atoms with E-state index in [4.69, 9.17) is 0 Å². The van der Waals surface area contributed by atoms with E-state index in [2.05, 4.69) is 36.1 Å². The van der Waals surface area contributed by atoms with Crippen molar-refractivity contribution in [1.29, 1.82) is 0 Å². The molecule has 0 atom stereocenters. The molecule has 3 rings (SSSR count). The van der Waals surface area contributed by atoms with Crippen LogP contribution in [0.4, 0.5) is 8.78 Å². The van der Waals surface area contributed by atoms with Gasteiger partial charge in [-0.3, -0.25) is 9.78 Å². The number of benzene rings is 2. The monoisotopic (exact) mass is 367 g/mol. The summed E-state index contributed by atoms with van der Waals surface area (Å²) in [5.74, 6) is 2.17. The lowest BCUT2D eigenvalue weighted by Crippen LogP contribution is -2.16. The minimum absolute atomic E-state index is 0.0586. The van der Waals surface area contributed by atoms with Crippen LogP contribution in [0.3, 0.4) is 0 Å². The molecule has 5 heteroatoms. The number of fused-ring (bicyclic) bond motifs is 1. The van der Waals surface area contributed by atoms with Gasteiger partial charge in [-0.15, -0.1) is 5.54 Å². The van der Waals surface area contributed by atoms with Crippen LogP contribution in [0.5, 0.6) is 0 Å². The first-order valence-electron chi connectivity index (χ1n) is 8.07. The SMILES string of the molecule is C[Si](C)(C)C#Cc1cccc(F)c1C=O.Fc1cccc2ccncc12. The number of pyridine rings is 1. The van der Waals surface area contributed by atoms with Crippen LogP contribution in [-0.2, 0) is 0 Å². The number of aldehydes is 1. The van der Waals surface area contributed by atoms with Crippen molar-refractivity contribution < 1.29 is 13.6 Å². The summed E-state index contributed by atoms with van der Waals surface area (Å²) in [7, 11) is -1.49. The Hall–Kier alpha value is -2.84. The number of nitrogens with zero attached hydrogens (tertiary/aromatic N) is 1. The average Bonchev–Trinajstić information content (AvgIpc) is 2.60. The highest BCUT2D eigenvalue weighted by Crippen LogP contribution is 2.14. The Bertz CT molecular complexity index is 979. The molecule has 26 heavy (non-hydrogen) atoms. The van der Waals surface area contributed by atoms with Gasteiger partial charge in [0.05, 0.1) is 5.56 Å². The molecular formula is C21H19F2NOSi. The zero-order valence-corrected chi connectivity index (χ0v) is 15.9. The lowest BCUT2D eigenvalue weighted by atomic mass is 10.1. The van der Waals surface area contributed by atoms with Gasteiger partial charge in [0.1, 0.15) is 19.7 Å². The maximum absolute atomic E-state index is 13.2. The van der Waals surface area contributed by atoms with Gasteiger partial charge in [0.25, 0.3) is 0 Å². The van der Waals surface area contributed by atoms with Crippen LogP contribution in [0, 0.1) is 23.1 Å². The van der Waals surface area contributed by atoms with E-state index in [0.717, 1.165) is 5.39 Å². The molecule has 0 saturated carbocycles. The molecule has 0 aliphatic rings. The summed E-state index contributed by atoms with van der Waals surface area (Å²) < 4.78 is 26.1. The highest BCUT2D eigenvalue weighted by molar-refractivity contribution is 6.83. The third kappa shape index (κ3) is 5.33. The Morgan fingerprint density at radius 3 is 2.35 bits per heavy atom. The zero-order valence-electron chi connectivity index (χ0n) is 14.9. The summed E-state index contributed by atoms with van der Waals surface area (Å²) in [6, 6.07) is 11.3. The number of aromatic nitrogens is 1. The van der Waals surface area contributed by atoms with E-state index in [0.29, 0.717) is 17.2 Å². The largest absolute Gasteiger partial charge is 0.298 e. The number of hydrogen-bond acceptors (Lipinski definition) is 2. The maximum atomic E-state index is 13.2.